The molecule has 2 saturated carbocycles. The SMILES string of the molecule is CC.CCCCC1(CC(C)(COC)CC2(CC)CC2(F)F)CC1. The van der Waals surface area contributed by atoms with Crippen molar-refractivity contribution < 1.29 is 13.5 Å². The number of unbranched alkanes of at least 4 members (excludes halogenated alkanes) is 1. The van der Waals surface area contributed by atoms with Crippen LogP contribution in [0.15, 0.2) is 0 Å². The molecular formula is C20H38F2O. The zero-order chi connectivity index (χ0) is 17.8. The molecule has 3 heteroatoms. The number of ether oxygens (including phenoxy) is 1. The molecule has 2 aliphatic rings. The molecular weight excluding hydrogens is 294 g/mol. The van der Waals surface area contributed by atoms with Crippen molar-refractivity contribution in [2.75, 3.05) is 13.7 Å². The summed E-state index contributed by atoms with van der Waals surface area (Å²) in [5.74, 6) is -2.45. The van der Waals surface area contributed by atoms with Gasteiger partial charge >= 0.3 is 0 Å². The fourth-order valence-electron chi connectivity index (χ4n) is 4.56. The van der Waals surface area contributed by atoms with Crippen LogP contribution in [0.5, 0.6) is 0 Å². The van der Waals surface area contributed by atoms with Crippen molar-refractivity contribution in [2.45, 2.75) is 98.3 Å². The van der Waals surface area contributed by atoms with Gasteiger partial charge in [-0.05, 0) is 49.4 Å². The van der Waals surface area contributed by atoms with Gasteiger partial charge in [0.05, 0.1) is 6.61 Å². The predicted molar refractivity (Wildman–Crippen MR) is 94.0 cm³/mol. The van der Waals surface area contributed by atoms with E-state index in [2.05, 4.69) is 13.8 Å². The van der Waals surface area contributed by atoms with Gasteiger partial charge in [0.15, 0.2) is 0 Å². The highest BCUT2D eigenvalue weighted by molar-refractivity contribution is 5.12. The first-order valence-corrected chi connectivity index (χ1v) is 9.63. The third kappa shape index (κ3) is 4.90. The molecule has 0 aromatic carbocycles. The first kappa shape index (κ1) is 20.9. The lowest BCUT2D eigenvalue weighted by Gasteiger charge is -2.36. The van der Waals surface area contributed by atoms with Crippen LogP contribution in [-0.4, -0.2) is 19.6 Å². The van der Waals surface area contributed by atoms with E-state index in [0.29, 0.717) is 24.9 Å². The lowest BCUT2D eigenvalue weighted by Crippen LogP contribution is -2.32. The second kappa shape index (κ2) is 7.80. The Morgan fingerprint density at radius 3 is 2.00 bits per heavy atom. The van der Waals surface area contributed by atoms with E-state index in [0.717, 1.165) is 6.42 Å². The Balaban J connectivity index is 0.00000127. The molecule has 0 aromatic rings. The van der Waals surface area contributed by atoms with E-state index in [1.54, 1.807) is 7.11 Å². The minimum Gasteiger partial charge on any atom is -0.384 e. The zero-order valence-corrected chi connectivity index (χ0v) is 16.2. The second-order valence-corrected chi connectivity index (χ2v) is 8.22. The third-order valence-electron chi connectivity index (χ3n) is 5.97. The molecule has 1 nitrogen and oxygen atoms in total. The standard InChI is InChI=1S/C18H32F2O.C2H6/c1-5-7-8-16(9-10-16)11-15(3,14-21-4)12-17(6-2)13-18(17,19)20;1-2/h5-14H2,1-4H3;1-2H3. The molecule has 2 unspecified atom stereocenters. The van der Waals surface area contributed by atoms with Crippen LogP contribution in [0.3, 0.4) is 0 Å². The van der Waals surface area contributed by atoms with E-state index in [9.17, 15) is 8.78 Å². The van der Waals surface area contributed by atoms with Gasteiger partial charge in [0.1, 0.15) is 0 Å². The average Bonchev–Trinajstić information content (AvgIpc) is 3.37. The first-order chi connectivity index (χ1) is 10.8. The van der Waals surface area contributed by atoms with Crippen molar-refractivity contribution in [3.05, 3.63) is 0 Å². The van der Waals surface area contributed by atoms with Crippen LogP contribution in [0.2, 0.25) is 0 Å². The fourth-order valence-corrected chi connectivity index (χ4v) is 4.56. The highest BCUT2D eigenvalue weighted by Crippen LogP contribution is 2.69. The van der Waals surface area contributed by atoms with Crippen LogP contribution < -0.4 is 0 Å². The lowest BCUT2D eigenvalue weighted by molar-refractivity contribution is 0.00121. The molecule has 0 aliphatic heterocycles. The van der Waals surface area contributed by atoms with E-state index < -0.39 is 11.3 Å². The maximum atomic E-state index is 13.8. The number of alkyl halides is 2. The summed E-state index contributed by atoms with van der Waals surface area (Å²) in [4.78, 5) is 0. The van der Waals surface area contributed by atoms with Crippen LogP contribution >= 0.6 is 0 Å². The highest BCUT2D eigenvalue weighted by Gasteiger charge is 2.71. The van der Waals surface area contributed by atoms with Crippen molar-refractivity contribution in [3.63, 3.8) is 0 Å². The molecule has 0 bridgehead atoms. The van der Waals surface area contributed by atoms with Crippen molar-refractivity contribution in [1.82, 2.24) is 0 Å². The Morgan fingerprint density at radius 1 is 1.09 bits per heavy atom. The summed E-state index contributed by atoms with van der Waals surface area (Å²) < 4.78 is 33.1. The molecule has 2 fully saturated rings. The molecule has 0 saturated heterocycles. The number of rotatable bonds is 10. The summed E-state index contributed by atoms with van der Waals surface area (Å²) in [6.45, 7) is 10.9. The maximum Gasteiger partial charge on any atom is 0.254 e. The van der Waals surface area contributed by atoms with Crippen molar-refractivity contribution in [1.29, 1.82) is 0 Å². The Hall–Kier alpha value is -0.180. The Labute approximate surface area is 142 Å². The summed E-state index contributed by atoms with van der Waals surface area (Å²) in [5.41, 5.74) is -0.418. The smallest absolute Gasteiger partial charge is 0.254 e. The molecule has 2 rings (SSSR count). The summed E-state index contributed by atoms with van der Waals surface area (Å²) in [6.07, 6.45) is 8.65. The molecule has 2 atom stereocenters. The summed E-state index contributed by atoms with van der Waals surface area (Å²) >= 11 is 0. The molecule has 0 heterocycles. The highest BCUT2D eigenvalue weighted by atomic mass is 19.3. The summed E-state index contributed by atoms with van der Waals surface area (Å²) in [5, 5.41) is 0. The molecule has 0 N–H and O–H groups in total. The van der Waals surface area contributed by atoms with Gasteiger partial charge in [-0.25, -0.2) is 8.78 Å². The molecule has 0 spiro atoms. The van der Waals surface area contributed by atoms with Crippen molar-refractivity contribution in [2.24, 2.45) is 16.2 Å². The quantitative estimate of drug-likeness (QED) is 0.425. The van der Waals surface area contributed by atoms with Crippen molar-refractivity contribution >= 4 is 0 Å². The van der Waals surface area contributed by atoms with Crippen molar-refractivity contribution in [3.8, 4) is 0 Å². The van der Waals surface area contributed by atoms with Gasteiger partial charge in [-0.3, -0.25) is 0 Å². The predicted octanol–water partition coefficient (Wildman–Crippen LogP) is 6.85. The maximum absolute atomic E-state index is 13.8. The topological polar surface area (TPSA) is 9.23 Å². The van der Waals surface area contributed by atoms with Crippen LogP contribution in [-0.2, 0) is 4.74 Å². The summed E-state index contributed by atoms with van der Waals surface area (Å²) in [6, 6.07) is 0. The monoisotopic (exact) mass is 332 g/mol. The molecule has 0 amide bonds. The van der Waals surface area contributed by atoms with Gasteiger partial charge < -0.3 is 4.74 Å². The molecule has 138 valence electrons. The van der Waals surface area contributed by atoms with Crippen LogP contribution in [0.1, 0.15) is 92.4 Å². The minimum atomic E-state index is -2.45. The Kier molecular flexibility index (Phi) is 7.08. The fraction of sp³-hybridized carbons (Fsp3) is 1.00. The minimum absolute atomic E-state index is 0.0811. The van der Waals surface area contributed by atoms with Gasteiger partial charge in [0.2, 0.25) is 0 Å². The Morgan fingerprint density at radius 2 is 1.65 bits per heavy atom. The second-order valence-electron chi connectivity index (χ2n) is 8.22. The van der Waals surface area contributed by atoms with E-state index in [1.165, 1.54) is 32.1 Å². The number of hydrogen-bond donors (Lipinski definition) is 0. The largest absolute Gasteiger partial charge is 0.384 e. The molecule has 2 aliphatic carbocycles. The van der Waals surface area contributed by atoms with E-state index in [4.69, 9.17) is 4.74 Å². The molecule has 0 radical (unpaired) electrons. The van der Waals surface area contributed by atoms with Gasteiger partial charge in [-0.15, -0.1) is 0 Å². The third-order valence-corrected chi connectivity index (χ3v) is 5.97. The van der Waals surface area contributed by atoms with E-state index in [-0.39, 0.29) is 11.8 Å². The normalized spacial score (nSPS) is 29.2. The van der Waals surface area contributed by atoms with Gasteiger partial charge in [0, 0.05) is 18.9 Å². The van der Waals surface area contributed by atoms with Crippen LogP contribution in [0.25, 0.3) is 0 Å². The van der Waals surface area contributed by atoms with Crippen LogP contribution in [0, 0.1) is 16.2 Å². The van der Waals surface area contributed by atoms with Crippen LogP contribution in [0.4, 0.5) is 8.78 Å². The van der Waals surface area contributed by atoms with Gasteiger partial charge in [-0.2, -0.15) is 0 Å². The number of halogens is 2. The molecule has 0 aromatic heterocycles. The summed E-state index contributed by atoms with van der Waals surface area (Å²) in [7, 11) is 1.70. The number of methoxy groups -OCH3 is 1. The first-order valence-electron chi connectivity index (χ1n) is 9.63. The zero-order valence-electron chi connectivity index (χ0n) is 16.2. The average molecular weight is 333 g/mol. The lowest BCUT2D eigenvalue weighted by atomic mass is 9.71. The molecule has 23 heavy (non-hydrogen) atoms. The number of hydrogen-bond acceptors (Lipinski definition) is 1. The van der Waals surface area contributed by atoms with Gasteiger partial charge in [-0.1, -0.05) is 47.5 Å². The van der Waals surface area contributed by atoms with Gasteiger partial charge in [0.25, 0.3) is 5.92 Å². The Bertz CT molecular complexity index is 365. The van der Waals surface area contributed by atoms with E-state index in [1.807, 2.05) is 20.8 Å². The van der Waals surface area contributed by atoms with E-state index >= 15 is 0 Å².